The van der Waals surface area contributed by atoms with Gasteiger partial charge in [0.2, 0.25) is 0 Å². The van der Waals surface area contributed by atoms with Crippen molar-refractivity contribution in [1.82, 2.24) is 9.97 Å². The van der Waals surface area contributed by atoms with E-state index in [2.05, 4.69) is 15.3 Å². The molecular weight excluding hydrogens is 230 g/mol. The number of hydrogen-bond donors (Lipinski definition) is 3. The number of nitrogens with zero attached hydrogens (tertiary/aromatic N) is 2. The second kappa shape index (κ2) is 5.98. The maximum Gasteiger partial charge on any atom is 0.138 e. The van der Waals surface area contributed by atoms with Crippen molar-refractivity contribution in [1.29, 1.82) is 0 Å². The van der Waals surface area contributed by atoms with E-state index in [-0.39, 0.29) is 19.1 Å². The van der Waals surface area contributed by atoms with Crippen molar-refractivity contribution in [2.75, 3.05) is 18.5 Å². The van der Waals surface area contributed by atoms with Crippen LogP contribution in [0.3, 0.4) is 0 Å². The van der Waals surface area contributed by atoms with E-state index in [1.54, 1.807) is 0 Å². The van der Waals surface area contributed by atoms with Gasteiger partial charge in [0.1, 0.15) is 17.3 Å². The number of halogens is 1. The standard InChI is InChI=1S/C10H16ClN3O2/c1-6(2)8-9(11)13-5-14-10(8)12-3-7(16)4-15/h5-7,15-16H,3-4H2,1-2H3,(H,12,13,14). The zero-order chi connectivity index (χ0) is 12.1. The van der Waals surface area contributed by atoms with Crippen LogP contribution in [0.15, 0.2) is 6.33 Å². The number of aromatic nitrogens is 2. The summed E-state index contributed by atoms with van der Waals surface area (Å²) in [5.41, 5.74) is 0.814. The van der Waals surface area contributed by atoms with E-state index in [0.717, 1.165) is 5.56 Å². The van der Waals surface area contributed by atoms with Crippen LogP contribution in [0.5, 0.6) is 0 Å². The number of nitrogens with one attached hydrogen (secondary N) is 1. The summed E-state index contributed by atoms with van der Waals surface area (Å²) in [5, 5.41) is 21.3. The summed E-state index contributed by atoms with van der Waals surface area (Å²) in [4.78, 5) is 7.98. The van der Waals surface area contributed by atoms with Gasteiger partial charge in [-0.2, -0.15) is 0 Å². The first-order valence-electron chi connectivity index (χ1n) is 5.09. The highest BCUT2D eigenvalue weighted by molar-refractivity contribution is 6.30. The van der Waals surface area contributed by atoms with E-state index in [9.17, 15) is 5.11 Å². The first kappa shape index (κ1) is 13.2. The average molecular weight is 246 g/mol. The van der Waals surface area contributed by atoms with Gasteiger partial charge in [0.15, 0.2) is 0 Å². The molecule has 1 unspecified atom stereocenters. The Hall–Kier alpha value is -0.910. The molecule has 0 saturated heterocycles. The van der Waals surface area contributed by atoms with Crippen LogP contribution in [0.4, 0.5) is 5.82 Å². The molecule has 0 aromatic carbocycles. The van der Waals surface area contributed by atoms with Crippen LogP contribution in [0.1, 0.15) is 25.3 Å². The highest BCUT2D eigenvalue weighted by Crippen LogP contribution is 2.27. The average Bonchev–Trinajstić information content (AvgIpc) is 2.25. The lowest BCUT2D eigenvalue weighted by molar-refractivity contribution is 0.105. The topological polar surface area (TPSA) is 78.3 Å². The monoisotopic (exact) mass is 245 g/mol. The van der Waals surface area contributed by atoms with Gasteiger partial charge < -0.3 is 15.5 Å². The number of hydrogen-bond acceptors (Lipinski definition) is 5. The molecule has 0 aliphatic rings. The van der Waals surface area contributed by atoms with Gasteiger partial charge in [-0.3, -0.25) is 0 Å². The number of anilines is 1. The predicted octanol–water partition coefficient (Wildman–Crippen LogP) is 1.02. The Morgan fingerprint density at radius 2 is 2.12 bits per heavy atom. The van der Waals surface area contributed by atoms with Gasteiger partial charge in [-0.25, -0.2) is 9.97 Å². The Morgan fingerprint density at radius 3 is 2.69 bits per heavy atom. The minimum absolute atomic E-state index is 0.183. The molecule has 0 radical (unpaired) electrons. The van der Waals surface area contributed by atoms with Crippen LogP contribution < -0.4 is 5.32 Å². The van der Waals surface area contributed by atoms with Crippen LogP contribution in [0.2, 0.25) is 5.15 Å². The first-order valence-corrected chi connectivity index (χ1v) is 5.47. The molecule has 1 aromatic heterocycles. The summed E-state index contributed by atoms with van der Waals surface area (Å²) in [6.07, 6.45) is 0.552. The van der Waals surface area contributed by atoms with E-state index in [1.807, 2.05) is 13.8 Å². The fourth-order valence-electron chi connectivity index (χ4n) is 1.31. The Morgan fingerprint density at radius 1 is 1.44 bits per heavy atom. The second-order valence-corrected chi connectivity index (χ2v) is 4.16. The summed E-state index contributed by atoms with van der Waals surface area (Å²) in [6.45, 7) is 3.91. The van der Waals surface area contributed by atoms with Crippen molar-refractivity contribution in [3.8, 4) is 0 Å². The number of rotatable bonds is 5. The third kappa shape index (κ3) is 3.30. The maximum atomic E-state index is 9.23. The predicted molar refractivity (Wildman–Crippen MR) is 62.7 cm³/mol. The number of aliphatic hydroxyl groups is 2. The van der Waals surface area contributed by atoms with E-state index >= 15 is 0 Å². The van der Waals surface area contributed by atoms with Crippen molar-refractivity contribution in [2.45, 2.75) is 25.9 Å². The van der Waals surface area contributed by atoms with Gasteiger partial charge in [-0.05, 0) is 5.92 Å². The van der Waals surface area contributed by atoms with Crippen molar-refractivity contribution in [3.63, 3.8) is 0 Å². The molecule has 3 N–H and O–H groups in total. The Bertz CT molecular complexity index is 347. The zero-order valence-electron chi connectivity index (χ0n) is 9.31. The number of aliphatic hydroxyl groups excluding tert-OH is 2. The van der Waals surface area contributed by atoms with Crippen molar-refractivity contribution >= 4 is 17.4 Å². The Kier molecular flexibility index (Phi) is 4.92. The Labute approximate surface area is 99.5 Å². The van der Waals surface area contributed by atoms with Crippen LogP contribution in [-0.2, 0) is 0 Å². The molecule has 90 valence electrons. The van der Waals surface area contributed by atoms with E-state index in [1.165, 1.54) is 6.33 Å². The van der Waals surface area contributed by atoms with Crippen molar-refractivity contribution < 1.29 is 10.2 Å². The molecule has 0 fully saturated rings. The first-order chi connectivity index (χ1) is 7.56. The smallest absolute Gasteiger partial charge is 0.138 e. The molecule has 1 rings (SSSR count). The second-order valence-electron chi connectivity index (χ2n) is 3.80. The lowest BCUT2D eigenvalue weighted by Gasteiger charge is -2.15. The third-order valence-corrected chi connectivity index (χ3v) is 2.43. The minimum atomic E-state index is -0.811. The van der Waals surface area contributed by atoms with Crippen LogP contribution in [-0.4, -0.2) is 39.4 Å². The molecule has 5 nitrogen and oxygen atoms in total. The molecule has 0 aliphatic carbocycles. The van der Waals surface area contributed by atoms with Crippen molar-refractivity contribution in [3.05, 3.63) is 17.0 Å². The third-order valence-electron chi connectivity index (χ3n) is 2.13. The Balaban J connectivity index is 2.83. The molecule has 0 aliphatic heterocycles. The van der Waals surface area contributed by atoms with Crippen LogP contribution in [0.25, 0.3) is 0 Å². The molecule has 6 heteroatoms. The minimum Gasteiger partial charge on any atom is -0.394 e. The quantitative estimate of drug-likeness (QED) is 0.675. The summed E-state index contributed by atoms with van der Waals surface area (Å²) in [6, 6.07) is 0. The fourth-order valence-corrected chi connectivity index (χ4v) is 1.66. The SMILES string of the molecule is CC(C)c1c(Cl)ncnc1NCC(O)CO. The summed E-state index contributed by atoms with van der Waals surface area (Å²) < 4.78 is 0. The highest BCUT2D eigenvalue weighted by Gasteiger charge is 2.14. The van der Waals surface area contributed by atoms with Crippen LogP contribution in [0, 0.1) is 0 Å². The molecule has 0 saturated carbocycles. The molecule has 0 spiro atoms. The summed E-state index contributed by atoms with van der Waals surface area (Å²) in [7, 11) is 0. The molecule has 0 bridgehead atoms. The normalized spacial score (nSPS) is 12.9. The molecule has 1 atom stereocenters. The van der Waals surface area contributed by atoms with Gasteiger partial charge in [0.25, 0.3) is 0 Å². The fraction of sp³-hybridized carbons (Fsp3) is 0.600. The molecular formula is C10H16ClN3O2. The molecule has 16 heavy (non-hydrogen) atoms. The molecule has 0 amide bonds. The van der Waals surface area contributed by atoms with E-state index < -0.39 is 6.10 Å². The molecule has 1 heterocycles. The highest BCUT2D eigenvalue weighted by atomic mass is 35.5. The lowest BCUT2D eigenvalue weighted by Crippen LogP contribution is -2.24. The zero-order valence-corrected chi connectivity index (χ0v) is 10.1. The van der Waals surface area contributed by atoms with E-state index in [0.29, 0.717) is 11.0 Å². The largest absolute Gasteiger partial charge is 0.394 e. The van der Waals surface area contributed by atoms with Gasteiger partial charge in [-0.15, -0.1) is 0 Å². The van der Waals surface area contributed by atoms with E-state index in [4.69, 9.17) is 16.7 Å². The van der Waals surface area contributed by atoms with Gasteiger partial charge in [0.05, 0.1) is 12.7 Å². The van der Waals surface area contributed by atoms with Gasteiger partial charge in [0, 0.05) is 12.1 Å². The van der Waals surface area contributed by atoms with Gasteiger partial charge >= 0.3 is 0 Å². The van der Waals surface area contributed by atoms with Crippen LogP contribution >= 0.6 is 11.6 Å². The van der Waals surface area contributed by atoms with Gasteiger partial charge in [-0.1, -0.05) is 25.4 Å². The van der Waals surface area contributed by atoms with Crippen molar-refractivity contribution in [2.24, 2.45) is 0 Å². The summed E-state index contributed by atoms with van der Waals surface area (Å²) >= 11 is 5.97. The maximum absolute atomic E-state index is 9.23. The molecule has 1 aromatic rings. The lowest BCUT2D eigenvalue weighted by atomic mass is 10.1. The summed E-state index contributed by atoms with van der Waals surface area (Å²) in [5.74, 6) is 0.782.